The van der Waals surface area contributed by atoms with Crippen LogP contribution in [0.15, 0.2) is 28.7 Å². The first-order chi connectivity index (χ1) is 9.27. The van der Waals surface area contributed by atoms with Crippen molar-refractivity contribution in [3.63, 3.8) is 0 Å². The number of hydrogen-bond acceptors (Lipinski definition) is 2. The molecule has 0 saturated heterocycles. The van der Waals surface area contributed by atoms with Crippen molar-refractivity contribution in [1.82, 2.24) is 10.3 Å². The maximum atomic E-state index is 12.1. The van der Waals surface area contributed by atoms with Crippen LogP contribution < -0.4 is 5.32 Å². The van der Waals surface area contributed by atoms with E-state index in [-0.39, 0.29) is 17.9 Å². The minimum Gasteiger partial charge on any atom is -0.391 e. The molecule has 0 fully saturated rings. The molecular weight excluding hydrogens is 320 g/mol. The number of aliphatic hydroxyl groups excluding tert-OH is 1. The number of benzene rings is 1. The van der Waals surface area contributed by atoms with Gasteiger partial charge in [0.25, 0.3) is 5.91 Å². The van der Waals surface area contributed by atoms with Crippen LogP contribution in [0.1, 0.15) is 31.3 Å². The third-order valence-corrected chi connectivity index (χ3v) is 3.78. The van der Waals surface area contributed by atoms with Crippen LogP contribution in [0.25, 0.3) is 10.9 Å². The Morgan fingerprint density at radius 3 is 2.75 bits per heavy atom. The fourth-order valence-electron chi connectivity index (χ4n) is 1.81. The average molecular weight is 339 g/mol. The number of aromatic amines is 1. The molecule has 4 nitrogen and oxygen atoms in total. The average Bonchev–Trinajstić information content (AvgIpc) is 2.77. The first-order valence-electron chi connectivity index (χ1n) is 6.52. The van der Waals surface area contributed by atoms with E-state index >= 15 is 0 Å². The van der Waals surface area contributed by atoms with Gasteiger partial charge in [0, 0.05) is 21.9 Å². The van der Waals surface area contributed by atoms with Crippen molar-refractivity contribution >= 4 is 32.7 Å². The van der Waals surface area contributed by atoms with E-state index < -0.39 is 6.10 Å². The minimum absolute atomic E-state index is 0.208. The Bertz CT molecular complexity index is 628. The molecule has 0 saturated carbocycles. The van der Waals surface area contributed by atoms with E-state index in [0.29, 0.717) is 5.69 Å². The molecule has 0 aliphatic carbocycles. The number of fused-ring (bicyclic) bond motifs is 1. The minimum atomic E-state index is -0.579. The third kappa shape index (κ3) is 3.41. The molecule has 1 atom stereocenters. The van der Waals surface area contributed by atoms with E-state index in [1.54, 1.807) is 6.07 Å². The Hall–Kier alpha value is -1.33. The topological polar surface area (TPSA) is 65.1 Å². The molecule has 5 heteroatoms. The number of halogens is 1. The monoisotopic (exact) mass is 338 g/mol. The summed E-state index contributed by atoms with van der Waals surface area (Å²) in [6, 6.07) is 7.61. The molecule has 1 amide bonds. The second-order valence-corrected chi connectivity index (χ2v) is 6.92. The van der Waals surface area contributed by atoms with Crippen molar-refractivity contribution in [3.05, 3.63) is 34.4 Å². The van der Waals surface area contributed by atoms with Gasteiger partial charge < -0.3 is 15.4 Å². The highest BCUT2D eigenvalue weighted by molar-refractivity contribution is 9.10. The molecule has 1 heterocycles. The summed E-state index contributed by atoms with van der Waals surface area (Å²) in [6.45, 7) is 6.04. The van der Waals surface area contributed by atoms with Crippen molar-refractivity contribution < 1.29 is 9.90 Å². The van der Waals surface area contributed by atoms with Gasteiger partial charge in [0.1, 0.15) is 5.69 Å². The van der Waals surface area contributed by atoms with Crippen molar-refractivity contribution in [1.29, 1.82) is 0 Å². The molecule has 20 heavy (non-hydrogen) atoms. The smallest absolute Gasteiger partial charge is 0.267 e. The van der Waals surface area contributed by atoms with Crippen LogP contribution in [0.3, 0.4) is 0 Å². The van der Waals surface area contributed by atoms with Crippen LogP contribution in [0.5, 0.6) is 0 Å². The highest BCUT2D eigenvalue weighted by Gasteiger charge is 2.22. The first-order valence-corrected chi connectivity index (χ1v) is 7.31. The van der Waals surface area contributed by atoms with Crippen LogP contribution in [0, 0.1) is 5.41 Å². The standard InChI is InChI=1S/C15H19BrN2O2/c1-15(2,3)13(19)8-17-14(20)12-6-9-4-5-10(16)7-11(9)18-12/h4-7,13,18-19H,8H2,1-3H3,(H,17,20). The molecule has 1 aromatic heterocycles. The summed E-state index contributed by atoms with van der Waals surface area (Å²) in [5.41, 5.74) is 1.15. The van der Waals surface area contributed by atoms with Crippen molar-refractivity contribution in [3.8, 4) is 0 Å². The lowest BCUT2D eigenvalue weighted by Crippen LogP contribution is -2.39. The summed E-state index contributed by atoms with van der Waals surface area (Å²) in [7, 11) is 0. The largest absolute Gasteiger partial charge is 0.391 e. The Labute approximate surface area is 126 Å². The Balaban J connectivity index is 2.08. The molecule has 108 valence electrons. The van der Waals surface area contributed by atoms with Gasteiger partial charge >= 0.3 is 0 Å². The normalized spacial score (nSPS) is 13.4. The third-order valence-electron chi connectivity index (χ3n) is 3.28. The van der Waals surface area contributed by atoms with Crippen molar-refractivity contribution in [2.75, 3.05) is 6.54 Å². The summed E-state index contributed by atoms with van der Waals surface area (Å²) in [5.74, 6) is -0.208. The number of aromatic nitrogens is 1. The lowest BCUT2D eigenvalue weighted by Gasteiger charge is -2.25. The zero-order chi connectivity index (χ0) is 14.9. The van der Waals surface area contributed by atoms with Gasteiger partial charge in [0.05, 0.1) is 6.10 Å². The van der Waals surface area contributed by atoms with Gasteiger partial charge in [-0.1, -0.05) is 42.8 Å². The SMILES string of the molecule is CC(C)(C)C(O)CNC(=O)c1cc2ccc(Br)cc2[nH]1. The lowest BCUT2D eigenvalue weighted by atomic mass is 9.89. The molecule has 0 radical (unpaired) electrons. The first kappa shape index (κ1) is 15.1. The van der Waals surface area contributed by atoms with E-state index in [1.807, 2.05) is 39.0 Å². The molecule has 1 unspecified atom stereocenters. The maximum Gasteiger partial charge on any atom is 0.267 e. The molecule has 0 aliphatic rings. The highest BCUT2D eigenvalue weighted by Crippen LogP contribution is 2.21. The highest BCUT2D eigenvalue weighted by atomic mass is 79.9. The predicted molar refractivity (Wildman–Crippen MR) is 83.8 cm³/mol. The molecule has 0 bridgehead atoms. The van der Waals surface area contributed by atoms with Crippen LogP contribution in [-0.4, -0.2) is 28.6 Å². The molecule has 2 aromatic rings. The van der Waals surface area contributed by atoms with Gasteiger partial charge in [-0.25, -0.2) is 0 Å². The van der Waals surface area contributed by atoms with E-state index in [1.165, 1.54) is 0 Å². The van der Waals surface area contributed by atoms with E-state index in [4.69, 9.17) is 0 Å². The van der Waals surface area contributed by atoms with Crippen LogP contribution in [0.4, 0.5) is 0 Å². The molecule has 1 aromatic carbocycles. The lowest BCUT2D eigenvalue weighted by molar-refractivity contribution is 0.0585. The second-order valence-electron chi connectivity index (χ2n) is 6.01. The van der Waals surface area contributed by atoms with E-state index in [0.717, 1.165) is 15.4 Å². The van der Waals surface area contributed by atoms with Gasteiger partial charge in [-0.05, 0) is 23.6 Å². The number of rotatable bonds is 3. The molecular formula is C15H19BrN2O2. The number of hydrogen-bond donors (Lipinski definition) is 3. The fourth-order valence-corrected chi connectivity index (χ4v) is 2.17. The Morgan fingerprint density at radius 2 is 2.10 bits per heavy atom. The summed E-state index contributed by atoms with van der Waals surface area (Å²) >= 11 is 3.40. The predicted octanol–water partition coefficient (Wildman–Crippen LogP) is 3.07. The van der Waals surface area contributed by atoms with Crippen LogP contribution in [-0.2, 0) is 0 Å². The van der Waals surface area contributed by atoms with Gasteiger partial charge in [-0.15, -0.1) is 0 Å². The van der Waals surface area contributed by atoms with E-state index in [2.05, 4.69) is 26.2 Å². The van der Waals surface area contributed by atoms with Gasteiger partial charge in [0.15, 0.2) is 0 Å². The number of H-pyrrole nitrogens is 1. The number of carbonyl (C=O) groups excluding carboxylic acids is 1. The quantitative estimate of drug-likeness (QED) is 0.805. The Morgan fingerprint density at radius 1 is 1.40 bits per heavy atom. The Kier molecular flexibility index (Phi) is 4.20. The number of amides is 1. The van der Waals surface area contributed by atoms with E-state index in [9.17, 15) is 9.90 Å². The number of nitrogens with one attached hydrogen (secondary N) is 2. The molecule has 0 aliphatic heterocycles. The zero-order valence-electron chi connectivity index (χ0n) is 11.8. The summed E-state index contributed by atoms with van der Waals surface area (Å²) in [4.78, 5) is 15.1. The van der Waals surface area contributed by atoms with Gasteiger partial charge in [-0.3, -0.25) is 4.79 Å². The number of carbonyl (C=O) groups is 1. The van der Waals surface area contributed by atoms with Crippen molar-refractivity contribution in [2.45, 2.75) is 26.9 Å². The zero-order valence-corrected chi connectivity index (χ0v) is 13.4. The van der Waals surface area contributed by atoms with Gasteiger partial charge in [0.2, 0.25) is 0 Å². The maximum absolute atomic E-state index is 12.1. The van der Waals surface area contributed by atoms with Crippen LogP contribution in [0.2, 0.25) is 0 Å². The number of aliphatic hydroxyl groups is 1. The second kappa shape index (κ2) is 5.58. The molecule has 3 N–H and O–H groups in total. The molecule has 2 rings (SSSR count). The summed E-state index contributed by atoms with van der Waals surface area (Å²) in [6.07, 6.45) is -0.579. The summed E-state index contributed by atoms with van der Waals surface area (Å²) < 4.78 is 0.960. The summed E-state index contributed by atoms with van der Waals surface area (Å²) in [5, 5.41) is 13.7. The van der Waals surface area contributed by atoms with Crippen LogP contribution >= 0.6 is 15.9 Å². The fraction of sp³-hybridized carbons (Fsp3) is 0.400. The molecule has 0 spiro atoms. The van der Waals surface area contributed by atoms with Gasteiger partial charge in [-0.2, -0.15) is 0 Å². The van der Waals surface area contributed by atoms with Crippen molar-refractivity contribution in [2.24, 2.45) is 5.41 Å².